The molecule has 46 heavy (non-hydrogen) atoms. The van der Waals surface area contributed by atoms with Crippen molar-refractivity contribution >= 4 is 12.0 Å². The van der Waals surface area contributed by atoms with Gasteiger partial charge in [-0.3, -0.25) is 4.79 Å². The molecule has 1 saturated heterocycles. The van der Waals surface area contributed by atoms with Gasteiger partial charge in [-0.05, 0) is 69.2 Å². The van der Waals surface area contributed by atoms with E-state index >= 15 is 0 Å². The first-order valence-electron chi connectivity index (χ1n) is 15.5. The minimum absolute atomic E-state index is 0.228. The number of para-hydroxylation sites is 2. The highest BCUT2D eigenvalue weighted by Gasteiger charge is 2.36. The lowest BCUT2D eigenvalue weighted by molar-refractivity contribution is 0.00439. The van der Waals surface area contributed by atoms with Crippen molar-refractivity contribution in [1.82, 2.24) is 19.6 Å². The molecular formula is C36H41FN4O5. The second kappa shape index (κ2) is 14.6. The fourth-order valence-electron chi connectivity index (χ4n) is 5.54. The third-order valence-electron chi connectivity index (χ3n) is 7.67. The number of hydrogen-bond acceptors (Lipinski definition) is 6. The summed E-state index contributed by atoms with van der Waals surface area (Å²) in [6.07, 6.45) is 2.41. The van der Waals surface area contributed by atoms with E-state index in [0.29, 0.717) is 73.9 Å². The molecule has 2 amide bonds. The smallest absolute Gasteiger partial charge is 0.410 e. The zero-order valence-corrected chi connectivity index (χ0v) is 26.8. The molecule has 2 heterocycles. The van der Waals surface area contributed by atoms with Crippen molar-refractivity contribution < 1.29 is 28.2 Å². The second-order valence-electron chi connectivity index (χ2n) is 12.3. The number of carbonyl (C=O) groups is 2. The third-order valence-corrected chi connectivity index (χ3v) is 7.67. The van der Waals surface area contributed by atoms with Crippen molar-refractivity contribution in [2.24, 2.45) is 0 Å². The van der Waals surface area contributed by atoms with E-state index in [4.69, 9.17) is 14.2 Å². The zero-order chi connectivity index (χ0) is 32.7. The number of nitrogens with zero attached hydrogens (tertiary/aromatic N) is 4. The molecule has 4 aromatic rings. The van der Waals surface area contributed by atoms with E-state index in [9.17, 15) is 14.0 Å². The highest BCUT2D eigenvalue weighted by atomic mass is 19.1. The van der Waals surface area contributed by atoms with E-state index in [1.165, 1.54) is 12.1 Å². The molecule has 0 radical (unpaired) electrons. The first kappa shape index (κ1) is 32.7. The molecule has 242 valence electrons. The molecule has 0 spiro atoms. The highest BCUT2D eigenvalue weighted by molar-refractivity contribution is 6.00. The first-order chi connectivity index (χ1) is 22.1. The van der Waals surface area contributed by atoms with Gasteiger partial charge < -0.3 is 24.0 Å². The summed E-state index contributed by atoms with van der Waals surface area (Å²) in [5.74, 6) is -0.0170. The maximum Gasteiger partial charge on any atom is 0.410 e. The summed E-state index contributed by atoms with van der Waals surface area (Å²) in [6, 6.07) is 23.1. The van der Waals surface area contributed by atoms with Crippen LogP contribution in [0.4, 0.5) is 9.18 Å². The molecule has 1 fully saturated rings. The Bertz CT molecular complexity index is 1620. The maximum atomic E-state index is 14.6. The van der Waals surface area contributed by atoms with Gasteiger partial charge in [0.1, 0.15) is 22.9 Å². The molecule has 1 unspecified atom stereocenters. The lowest BCUT2D eigenvalue weighted by atomic mass is 10.00. The zero-order valence-electron chi connectivity index (χ0n) is 26.8. The molecule has 1 aromatic heterocycles. The van der Waals surface area contributed by atoms with E-state index in [1.54, 1.807) is 35.0 Å². The Kier molecular flexibility index (Phi) is 10.4. The molecule has 0 aliphatic carbocycles. The number of carbonyl (C=O) groups excluding carboxylic acids is 2. The van der Waals surface area contributed by atoms with Gasteiger partial charge >= 0.3 is 6.09 Å². The number of methoxy groups -OCH3 is 1. The first-order valence-corrected chi connectivity index (χ1v) is 15.5. The van der Waals surface area contributed by atoms with Gasteiger partial charge in [0, 0.05) is 45.3 Å². The van der Waals surface area contributed by atoms with Crippen LogP contribution in [-0.2, 0) is 15.9 Å². The summed E-state index contributed by atoms with van der Waals surface area (Å²) in [7, 11) is 1.65. The molecule has 1 aliphatic rings. The fourth-order valence-corrected chi connectivity index (χ4v) is 5.54. The van der Waals surface area contributed by atoms with Crippen LogP contribution in [0.25, 0.3) is 16.9 Å². The Morgan fingerprint density at radius 1 is 0.935 bits per heavy atom. The van der Waals surface area contributed by atoms with Gasteiger partial charge in [0.25, 0.3) is 5.91 Å². The molecule has 3 aromatic carbocycles. The number of hydrogen-bond donors (Lipinski definition) is 0. The Hall–Kier alpha value is -4.70. The van der Waals surface area contributed by atoms with Crippen molar-refractivity contribution in [3.8, 4) is 22.7 Å². The molecular weight excluding hydrogens is 587 g/mol. The monoisotopic (exact) mass is 628 g/mol. The molecule has 1 atom stereocenters. The summed E-state index contributed by atoms with van der Waals surface area (Å²) in [4.78, 5) is 31.1. The standard InChI is InChI=1S/C36H41FN4O5/c1-36(2,3)46-35(43)39-19-20-40(29(25-39)23-26-11-6-5-7-12-26)34(42)30-24-38-41(33(30)27-15-17-28(37)18-16-27)31-13-8-9-14-32(31)45-22-10-21-44-4/h5-9,11-18,24,29H,10,19-23,25H2,1-4H3. The van der Waals surface area contributed by atoms with Crippen LogP contribution in [0.1, 0.15) is 43.1 Å². The van der Waals surface area contributed by atoms with Crippen molar-refractivity contribution in [3.05, 3.63) is 102 Å². The molecule has 1 aliphatic heterocycles. The summed E-state index contributed by atoms with van der Waals surface area (Å²) >= 11 is 0. The average Bonchev–Trinajstić information content (AvgIpc) is 3.48. The fraction of sp³-hybridized carbons (Fsp3) is 0.361. The number of halogens is 1. The van der Waals surface area contributed by atoms with Crippen molar-refractivity contribution in [2.45, 2.75) is 45.3 Å². The normalized spacial score (nSPS) is 15.1. The number of rotatable bonds is 10. The van der Waals surface area contributed by atoms with Crippen molar-refractivity contribution in [2.75, 3.05) is 40.0 Å². The Labute approximate surface area is 269 Å². The van der Waals surface area contributed by atoms with E-state index in [2.05, 4.69) is 5.10 Å². The van der Waals surface area contributed by atoms with Gasteiger partial charge in [-0.1, -0.05) is 42.5 Å². The Morgan fingerprint density at radius 2 is 1.65 bits per heavy atom. The summed E-state index contributed by atoms with van der Waals surface area (Å²) in [6.45, 7) is 7.46. The van der Waals surface area contributed by atoms with Crippen molar-refractivity contribution in [1.29, 1.82) is 0 Å². The van der Waals surface area contributed by atoms with Crippen LogP contribution in [0, 0.1) is 5.82 Å². The molecule has 5 rings (SSSR count). The van der Waals surface area contributed by atoms with Crippen LogP contribution in [0.3, 0.4) is 0 Å². The lowest BCUT2D eigenvalue weighted by Crippen LogP contribution is -2.57. The quantitative estimate of drug-likeness (QED) is 0.189. The number of benzene rings is 3. The van der Waals surface area contributed by atoms with Crippen LogP contribution < -0.4 is 4.74 Å². The van der Waals surface area contributed by atoms with Gasteiger partial charge in [0.2, 0.25) is 0 Å². The SMILES string of the molecule is COCCCOc1ccccc1-n1ncc(C(=O)N2CCN(C(=O)OC(C)(C)C)CC2Cc2ccccc2)c1-c1ccc(F)cc1. The van der Waals surface area contributed by atoms with Gasteiger partial charge in [0.15, 0.2) is 0 Å². The van der Waals surface area contributed by atoms with Gasteiger partial charge in [-0.2, -0.15) is 5.10 Å². The average molecular weight is 629 g/mol. The minimum Gasteiger partial charge on any atom is -0.491 e. The third kappa shape index (κ3) is 7.92. The Morgan fingerprint density at radius 3 is 2.37 bits per heavy atom. The van der Waals surface area contributed by atoms with E-state index in [-0.39, 0.29) is 17.8 Å². The van der Waals surface area contributed by atoms with Crippen LogP contribution in [-0.4, -0.2) is 83.2 Å². The molecule has 10 heteroatoms. The van der Waals surface area contributed by atoms with Crippen LogP contribution in [0.15, 0.2) is 85.1 Å². The number of ether oxygens (including phenoxy) is 3. The topological polar surface area (TPSA) is 86.1 Å². The Balaban J connectivity index is 1.52. The van der Waals surface area contributed by atoms with E-state index < -0.39 is 11.7 Å². The van der Waals surface area contributed by atoms with Crippen LogP contribution in [0.5, 0.6) is 5.75 Å². The molecule has 0 N–H and O–H groups in total. The molecule has 0 bridgehead atoms. The predicted octanol–water partition coefficient (Wildman–Crippen LogP) is 6.40. The summed E-state index contributed by atoms with van der Waals surface area (Å²) in [5, 5.41) is 4.68. The van der Waals surface area contributed by atoms with E-state index in [1.807, 2.05) is 80.3 Å². The number of aromatic nitrogens is 2. The second-order valence-corrected chi connectivity index (χ2v) is 12.3. The largest absolute Gasteiger partial charge is 0.491 e. The maximum absolute atomic E-state index is 14.6. The van der Waals surface area contributed by atoms with E-state index in [0.717, 1.165) is 5.56 Å². The molecule has 9 nitrogen and oxygen atoms in total. The van der Waals surface area contributed by atoms with Crippen molar-refractivity contribution in [3.63, 3.8) is 0 Å². The predicted molar refractivity (Wildman–Crippen MR) is 174 cm³/mol. The lowest BCUT2D eigenvalue weighted by Gasteiger charge is -2.41. The highest BCUT2D eigenvalue weighted by Crippen LogP contribution is 2.33. The minimum atomic E-state index is -0.638. The molecule has 0 saturated carbocycles. The van der Waals surface area contributed by atoms with Gasteiger partial charge in [0.05, 0.1) is 30.1 Å². The van der Waals surface area contributed by atoms with Crippen LogP contribution in [0.2, 0.25) is 0 Å². The summed E-state index contributed by atoms with van der Waals surface area (Å²) < 4.78 is 32.7. The van der Waals surface area contributed by atoms with Crippen LogP contribution >= 0.6 is 0 Å². The number of amides is 2. The van der Waals surface area contributed by atoms with Gasteiger partial charge in [-0.15, -0.1) is 0 Å². The number of piperazine rings is 1. The van der Waals surface area contributed by atoms with Gasteiger partial charge in [-0.25, -0.2) is 13.9 Å². The summed E-state index contributed by atoms with van der Waals surface area (Å²) in [5.41, 5.74) is 2.57.